The number of carbonyl (C=O) groups is 1. The maximum Gasteiger partial charge on any atom is 0.316 e. The third-order valence-electron chi connectivity index (χ3n) is 1.29. The quantitative estimate of drug-likeness (QED) is 0.405. The van der Waals surface area contributed by atoms with Crippen LogP contribution in [0.15, 0.2) is 11.9 Å². The molecule has 0 aliphatic rings. The number of hydrogen-bond donors (Lipinski definition) is 2. The molecule has 92 valence electrons. The summed E-state index contributed by atoms with van der Waals surface area (Å²) < 4.78 is 0. The Bertz CT molecular complexity index is 300. The maximum absolute atomic E-state index is 11.1. The predicted octanol–water partition coefficient (Wildman–Crippen LogP) is 0.129. The summed E-state index contributed by atoms with van der Waals surface area (Å²) in [6, 6.07) is 0. The van der Waals surface area contributed by atoms with Gasteiger partial charge in [-0.1, -0.05) is 13.8 Å². The molecular formula is C8H16N4O4. The van der Waals surface area contributed by atoms with Crippen LogP contribution < -0.4 is 5.73 Å². The second-order valence-electron chi connectivity index (χ2n) is 2.23. The fourth-order valence-electron chi connectivity index (χ4n) is 0.515. The molecule has 0 rings (SSSR count). The van der Waals surface area contributed by atoms with Crippen molar-refractivity contribution in [2.75, 3.05) is 14.2 Å². The highest BCUT2D eigenvalue weighted by Crippen LogP contribution is 1.92. The van der Waals surface area contributed by atoms with E-state index < -0.39 is 22.4 Å². The van der Waals surface area contributed by atoms with Crippen molar-refractivity contribution >= 4 is 11.6 Å². The normalized spacial score (nSPS) is 9.88. The first-order chi connectivity index (χ1) is 7.40. The molecule has 0 spiro atoms. The molecule has 0 saturated carbocycles. The third-order valence-corrected chi connectivity index (χ3v) is 1.29. The zero-order chi connectivity index (χ0) is 13.3. The van der Waals surface area contributed by atoms with Gasteiger partial charge in [0.25, 0.3) is 5.91 Å². The lowest BCUT2D eigenvalue weighted by Crippen LogP contribution is -2.31. The van der Waals surface area contributed by atoms with Crippen LogP contribution in [0.25, 0.3) is 0 Å². The van der Waals surface area contributed by atoms with E-state index >= 15 is 0 Å². The summed E-state index contributed by atoms with van der Waals surface area (Å²) in [7, 11) is 2.50. The number of nitro groups is 1. The van der Waals surface area contributed by atoms with E-state index in [0.29, 0.717) is 6.08 Å². The summed E-state index contributed by atoms with van der Waals surface area (Å²) in [5, 5.41) is 17.9. The van der Waals surface area contributed by atoms with E-state index in [4.69, 9.17) is 11.1 Å². The van der Waals surface area contributed by atoms with Crippen molar-refractivity contribution in [1.82, 2.24) is 5.06 Å². The summed E-state index contributed by atoms with van der Waals surface area (Å²) >= 11 is 0. The van der Waals surface area contributed by atoms with E-state index in [-0.39, 0.29) is 0 Å². The highest BCUT2D eigenvalue weighted by atomic mass is 16.7. The van der Waals surface area contributed by atoms with Crippen LogP contribution in [0.5, 0.6) is 0 Å². The molecule has 0 heterocycles. The zero-order valence-corrected chi connectivity index (χ0v) is 9.68. The van der Waals surface area contributed by atoms with Crippen molar-refractivity contribution in [2.24, 2.45) is 5.73 Å². The lowest BCUT2D eigenvalue weighted by Gasteiger charge is -2.11. The molecule has 0 saturated heterocycles. The number of amides is 1. The van der Waals surface area contributed by atoms with Crippen LogP contribution >= 0.6 is 0 Å². The largest absolute Gasteiger partial charge is 0.358 e. The van der Waals surface area contributed by atoms with Crippen LogP contribution in [0.1, 0.15) is 13.8 Å². The SMILES string of the molecule is CC.CON(C)C(=O)C(=N)/C=C(\N)[N+](=O)[O-]. The second kappa shape index (κ2) is 8.36. The van der Waals surface area contributed by atoms with E-state index in [0.717, 1.165) is 5.06 Å². The topological polar surface area (TPSA) is 123 Å². The van der Waals surface area contributed by atoms with Gasteiger partial charge in [0.2, 0.25) is 0 Å². The number of hydroxylamine groups is 2. The van der Waals surface area contributed by atoms with Crippen LogP contribution in [0.4, 0.5) is 0 Å². The van der Waals surface area contributed by atoms with Crippen LogP contribution in [0.3, 0.4) is 0 Å². The number of rotatable bonds is 4. The highest BCUT2D eigenvalue weighted by Gasteiger charge is 2.15. The number of carbonyl (C=O) groups excluding carboxylic acids is 1. The van der Waals surface area contributed by atoms with Crippen molar-refractivity contribution < 1.29 is 14.6 Å². The van der Waals surface area contributed by atoms with Gasteiger partial charge in [0.05, 0.1) is 13.2 Å². The number of nitrogens with one attached hydrogen (secondary N) is 1. The van der Waals surface area contributed by atoms with Gasteiger partial charge in [-0.3, -0.25) is 20.8 Å². The minimum absolute atomic E-state index is 0.622. The lowest BCUT2D eigenvalue weighted by molar-refractivity contribution is -0.426. The molecule has 8 heteroatoms. The molecule has 0 bridgehead atoms. The Hall–Kier alpha value is -1.96. The van der Waals surface area contributed by atoms with E-state index in [1.54, 1.807) is 0 Å². The van der Waals surface area contributed by atoms with E-state index in [2.05, 4.69) is 4.84 Å². The molecule has 0 aliphatic heterocycles. The van der Waals surface area contributed by atoms with Gasteiger partial charge < -0.3 is 10.1 Å². The standard InChI is InChI=1S/C6H10N4O4.C2H6/c1-9(14-2)6(11)4(7)3-5(8)10(12)13;1-2/h3,7H,8H2,1-2H3;1-2H3/b5-3+,7-4?;. The summed E-state index contributed by atoms with van der Waals surface area (Å²) in [5.41, 5.74) is 4.28. The average Bonchev–Trinajstić information content (AvgIpc) is 2.29. The zero-order valence-electron chi connectivity index (χ0n) is 9.68. The number of nitrogens with two attached hydrogens (primary N) is 1. The molecule has 0 unspecified atom stereocenters. The minimum atomic E-state index is -0.894. The van der Waals surface area contributed by atoms with Crippen LogP contribution in [0.2, 0.25) is 0 Å². The Balaban J connectivity index is 0. The molecule has 0 aromatic heterocycles. The predicted molar refractivity (Wildman–Crippen MR) is 58.1 cm³/mol. The van der Waals surface area contributed by atoms with Crippen LogP contribution in [-0.2, 0) is 9.63 Å². The fourth-order valence-corrected chi connectivity index (χ4v) is 0.515. The Morgan fingerprint density at radius 3 is 2.31 bits per heavy atom. The molecule has 0 fully saturated rings. The average molecular weight is 232 g/mol. The Morgan fingerprint density at radius 1 is 1.56 bits per heavy atom. The van der Waals surface area contributed by atoms with E-state index in [1.807, 2.05) is 13.8 Å². The molecule has 0 aromatic carbocycles. The van der Waals surface area contributed by atoms with Gasteiger partial charge in [0.15, 0.2) is 0 Å². The van der Waals surface area contributed by atoms with Crippen molar-refractivity contribution in [3.05, 3.63) is 22.0 Å². The maximum atomic E-state index is 11.1. The van der Waals surface area contributed by atoms with Gasteiger partial charge in [-0.05, 0) is 4.92 Å². The molecule has 3 N–H and O–H groups in total. The molecule has 0 atom stereocenters. The first kappa shape index (κ1) is 16.5. The Kier molecular flexibility index (Phi) is 8.60. The smallest absolute Gasteiger partial charge is 0.316 e. The molecule has 0 aromatic rings. The van der Waals surface area contributed by atoms with Gasteiger partial charge in [-0.15, -0.1) is 0 Å². The first-order valence-electron chi connectivity index (χ1n) is 4.42. The van der Waals surface area contributed by atoms with Gasteiger partial charge in [-0.2, -0.15) is 0 Å². The second-order valence-corrected chi connectivity index (χ2v) is 2.23. The summed E-state index contributed by atoms with van der Waals surface area (Å²) in [6.07, 6.45) is 0.651. The van der Waals surface area contributed by atoms with E-state index in [9.17, 15) is 14.9 Å². The first-order valence-corrected chi connectivity index (χ1v) is 4.42. The molecule has 0 aliphatic carbocycles. The highest BCUT2D eigenvalue weighted by molar-refractivity contribution is 6.41. The molecule has 1 amide bonds. The van der Waals surface area contributed by atoms with E-state index in [1.165, 1.54) is 14.2 Å². The van der Waals surface area contributed by atoms with Gasteiger partial charge >= 0.3 is 5.82 Å². The number of hydrogen-bond acceptors (Lipinski definition) is 6. The van der Waals surface area contributed by atoms with Crippen molar-refractivity contribution in [3.63, 3.8) is 0 Å². The molecular weight excluding hydrogens is 216 g/mol. The minimum Gasteiger partial charge on any atom is -0.358 e. The van der Waals surface area contributed by atoms with Crippen LogP contribution in [0, 0.1) is 15.5 Å². The third kappa shape index (κ3) is 5.70. The summed E-state index contributed by atoms with van der Waals surface area (Å²) in [5.74, 6) is -1.59. The van der Waals surface area contributed by atoms with Gasteiger partial charge in [0, 0.05) is 7.05 Å². The molecule has 8 nitrogen and oxygen atoms in total. The Labute approximate surface area is 93.3 Å². The molecule has 16 heavy (non-hydrogen) atoms. The summed E-state index contributed by atoms with van der Waals surface area (Å²) in [4.78, 5) is 24.7. The number of nitrogens with zero attached hydrogens (tertiary/aromatic N) is 2. The summed E-state index contributed by atoms with van der Waals surface area (Å²) in [6.45, 7) is 4.00. The molecule has 0 radical (unpaired) electrons. The Morgan fingerprint density at radius 2 is 2.00 bits per heavy atom. The monoisotopic (exact) mass is 232 g/mol. The van der Waals surface area contributed by atoms with Crippen LogP contribution in [-0.4, -0.2) is 35.8 Å². The van der Waals surface area contributed by atoms with Crippen molar-refractivity contribution in [3.8, 4) is 0 Å². The van der Waals surface area contributed by atoms with Gasteiger partial charge in [0.1, 0.15) is 5.71 Å². The van der Waals surface area contributed by atoms with Gasteiger partial charge in [-0.25, -0.2) is 5.06 Å². The van der Waals surface area contributed by atoms with Crippen molar-refractivity contribution in [1.29, 1.82) is 5.41 Å². The van der Waals surface area contributed by atoms with Crippen molar-refractivity contribution in [2.45, 2.75) is 13.8 Å². The fraction of sp³-hybridized carbons (Fsp3) is 0.500. The lowest BCUT2D eigenvalue weighted by atomic mass is 10.3.